The molecule has 23 heavy (non-hydrogen) atoms. The van der Waals surface area contributed by atoms with Gasteiger partial charge in [0.25, 0.3) is 5.69 Å². The van der Waals surface area contributed by atoms with E-state index in [-0.39, 0.29) is 11.7 Å². The van der Waals surface area contributed by atoms with Crippen molar-refractivity contribution >= 4 is 23.4 Å². The molecule has 8 heteroatoms. The predicted molar refractivity (Wildman–Crippen MR) is 85.3 cm³/mol. The van der Waals surface area contributed by atoms with E-state index in [1.807, 2.05) is 0 Å². The number of hydrogen-bond donors (Lipinski definition) is 2. The van der Waals surface area contributed by atoms with Crippen LogP contribution >= 0.6 is 0 Å². The number of esters is 1. The first-order chi connectivity index (χ1) is 10.9. The SMILES string of the molecule is COC(=O)CCCCCNC(=O)Nc1ccc(C)c([N+](=O)[O-])c1. The van der Waals surface area contributed by atoms with E-state index in [2.05, 4.69) is 15.4 Å². The summed E-state index contributed by atoms with van der Waals surface area (Å²) in [6.07, 6.45) is 2.61. The van der Waals surface area contributed by atoms with Crippen molar-refractivity contribution in [1.29, 1.82) is 0 Å². The van der Waals surface area contributed by atoms with Gasteiger partial charge in [0.2, 0.25) is 0 Å². The number of urea groups is 1. The largest absolute Gasteiger partial charge is 0.469 e. The highest BCUT2D eigenvalue weighted by atomic mass is 16.6. The van der Waals surface area contributed by atoms with Gasteiger partial charge in [0.05, 0.1) is 12.0 Å². The van der Waals surface area contributed by atoms with Crippen LogP contribution in [0.2, 0.25) is 0 Å². The minimum Gasteiger partial charge on any atom is -0.469 e. The van der Waals surface area contributed by atoms with Gasteiger partial charge in [-0.2, -0.15) is 0 Å². The zero-order valence-corrected chi connectivity index (χ0v) is 13.3. The van der Waals surface area contributed by atoms with Gasteiger partial charge in [-0.25, -0.2) is 4.79 Å². The minimum absolute atomic E-state index is 0.0365. The fourth-order valence-electron chi connectivity index (χ4n) is 1.93. The molecule has 0 bridgehead atoms. The van der Waals surface area contributed by atoms with Crippen molar-refractivity contribution in [3.8, 4) is 0 Å². The molecule has 0 heterocycles. The Morgan fingerprint density at radius 1 is 1.26 bits per heavy atom. The molecule has 2 N–H and O–H groups in total. The van der Waals surface area contributed by atoms with E-state index in [0.29, 0.717) is 30.6 Å². The Balaban J connectivity index is 2.30. The summed E-state index contributed by atoms with van der Waals surface area (Å²) in [4.78, 5) is 33.0. The van der Waals surface area contributed by atoms with Crippen molar-refractivity contribution < 1.29 is 19.2 Å². The first kappa shape index (κ1) is 18.4. The van der Waals surface area contributed by atoms with Gasteiger partial charge in [-0.3, -0.25) is 14.9 Å². The lowest BCUT2D eigenvalue weighted by Crippen LogP contribution is -2.29. The average molecular weight is 323 g/mol. The lowest BCUT2D eigenvalue weighted by atomic mass is 10.2. The van der Waals surface area contributed by atoms with E-state index in [9.17, 15) is 19.7 Å². The molecule has 0 aliphatic rings. The zero-order valence-electron chi connectivity index (χ0n) is 13.3. The number of hydrogen-bond acceptors (Lipinski definition) is 5. The number of rotatable bonds is 8. The summed E-state index contributed by atoms with van der Waals surface area (Å²) in [5.41, 5.74) is 0.864. The Morgan fingerprint density at radius 3 is 2.65 bits per heavy atom. The number of anilines is 1. The number of amides is 2. The molecule has 126 valence electrons. The molecule has 0 spiro atoms. The normalized spacial score (nSPS) is 10.0. The van der Waals surface area contributed by atoms with Crippen LogP contribution in [0, 0.1) is 17.0 Å². The van der Waals surface area contributed by atoms with Gasteiger partial charge >= 0.3 is 12.0 Å². The van der Waals surface area contributed by atoms with Crippen molar-refractivity contribution in [1.82, 2.24) is 5.32 Å². The van der Waals surface area contributed by atoms with E-state index < -0.39 is 11.0 Å². The van der Waals surface area contributed by atoms with Crippen molar-refractivity contribution in [2.75, 3.05) is 19.0 Å². The Morgan fingerprint density at radius 2 is 2.00 bits per heavy atom. The number of aryl methyl sites for hydroxylation is 1. The highest BCUT2D eigenvalue weighted by Gasteiger charge is 2.12. The lowest BCUT2D eigenvalue weighted by molar-refractivity contribution is -0.385. The fraction of sp³-hybridized carbons (Fsp3) is 0.467. The predicted octanol–water partition coefficient (Wildman–Crippen LogP) is 2.76. The standard InChI is InChI=1S/C15H21N3O5/c1-11-7-8-12(10-13(11)18(21)22)17-15(20)16-9-5-3-4-6-14(19)23-2/h7-8,10H,3-6,9H2,1-2H3,(H2,16,17,20). The molecule has 0 saturated heterocycles. The third-order valence-electron chi connectivity index (χ3n) is 3.23. The number of nitrogens with one attached hydrogen (secondary N) is 2. The molecule has 0 aliphatic carbocycles. The van der Waals surface area contributed by atoms with Crippen molar-refractivity contribution in [2.45, 2.75) is 32.6 Å². The van der Waals surface area contributed by atoms with Crippen LogP contribution in [0.25, 0.3) is 0 Å². The monoisotopic (exact) mass is 323 g/mol. The maximum absolute atomic E-state index is 11.7. The average Bonchev–Trinajstić information content (AvgIpc) is 2.52. The molecule has 0 unspecified atom stereocenters. The van der Waals surface area contributed by atoms with E-state index in [1.165, 1.54) is 13.2 Å². The van der Waals surface area contributed by atoms with Gasteiger partial charge in [0.15, 0.2) is 0 Å². The van der Waals surface area contributed by atoms with Crippen LogP contribution in [0.5, 0.6) is 0 Å². The molecule has 0 atom stereocenters. The number of nitrogens with zero attached hydrogens (tertiary/aromatic N) is 1. The maximum Gasteiger partial charge on any atom is 0.319 e. The first-order valence-electron chi connectivity index (χ1n) is 7.30. The van der Waals surface area contributed by atoms with Crippen LogP contribution in [0.1, 0.15) is 31.2 Å². The van der Waals surface area contributed by atoms with Gasteiger partial charge < -0.3 is 15.4 Å². The minimum atomic E-state index is -0.486. The van der Waals surface area contributed by atoms with Crippen LogP contribution in [-0.4, -0.2) is 30.6 Å². The van der Waals surface area contributed by atoms with Crippen molar-refractivity contribution in [2.24, 2.45) is 0 Å². The molecule has 0 radical (unpaired) electrons. The second kappa shape index (κ2) is 9.39. The summed E-state index contributed by atoms with van der Waals surface area (Å²) >= 11 is 0. The van der Waals surface area contributed by atoms with Gasteiger partial charge in [0.1, 0.15) is 0 Å². The number of carbonyl (C=O) groups is 2. The molecule has 1 aromatic rings. The summed E-state index contributed by atoms with van der Waals surface area (Å²) in [6.45, 7) is 2.09. The first-order valence-corrected chi connectivity index (χ1v) is 7.30. The van der Waals surface area contributed by atoms with Gasteiger partial charge in [0, 0.05) is 30.3 Å². The third-order valence-corrected chi connectivity index (χ3v) is 3.23. The molecule has 1 rings (SSSR count). The summed E-state index contributed by atoms with van der Waals surface area (Å²) in [5, 5.41) is 16.1. The molecule has 8 nitrogen and oxygen atoms in total. The molecule has 0 aliphatic heterocycles. The van der Waals surface area contributed by atoms with E-state index in [0.717, 1.165) is 12.8 Å². The van der Waals surface area contributed by atoms with Gasteiger partial charge in [-0.1, -0.05) is 12.5 Å². The van der Waals surface area contributed by atoms with Gasteiger partial charge in [-0.05, 0) is 25.8 Å². The molecule has 1 aromatic carbocycles. The summed E-state index contributed by atoms with van der Waals surface area (Å²) in [6, 6.07) is 4.10. The van der Waals surface area contributed by atoms with E-state index in [4.69, 9.17) is 0 Å². The van der Waals surface area contributed by atoms with Crippen LogP contribution in [0.3, 0.4) is 0 Å². The van der Waals surface area contributed by atoms with Crippen molar-refractivity contribution in [3.63, 3.8) is 0 Å². The number of methoxy groups -OCH3 is 1. The van der Waals surface area contributed by atoms with E-state index >= 15 is 0 Å². The number of carbonyl (C=O) groups excluding carboxylic acids is 2. The maximum atomic E-state index is 11.7. The Bertz CT molecular complexity index is 574. The van der Waals surface area contributed by atoms with Crippen LogP contribution in [-0.2, 0) is 9.53 Å². The number of nitro benzene ring substituents is 1. The molecular weight excluding hydrogens is 302 g/mol. The highest BCUT2D eigenvalue weighted by Crippen LogP contribution is 2.22. The fourth-order valence-corrected chi connectivity index (χ4v) is 1.93. The molecule has 0 fully saturated rings. The number of nitro groups is 1. The highest BCUT2D eigenvalue weighted by molar-refractivity contribution is 5.89. The van der Waals surface area contributed by atoms with Crippen molar-refractivity contribution in [3.05, 3.63) is 33.9 Å². The van der Waals surface area contributed by atoms with Gasteiger partial charge in [-0.15, -0.1) is 0 Å². The number of unbranched alkanes of at least 4 members (excludes halogenated alkanes) is 2. The quantitative estimate of drug-likeness (QED) is 0.331. The molecule has 0 saturated carbocycles. The van der Waals surface area contributed by atoms with Crippen LogP contribution < -0.4 is 10.6 Å². The Labute approximate surface area is 134 Å². The summed E-state index contributed by atoms with van der Waals surface area (Å²) < 4.78 is 4.53. The number of ether oxygens (including phenoxy) is 1. The summed E-state index contributed by atoms with van der Waals surface area (Å²) in [5.74, 6) is -0.239. The number of benzene rings is 1. The Hall–Kier alpha value is -2.64. The molecule has 2 amide bonds. The smallest absolute Gasteiger partial charge is 0.319 e. The van der Waals surface area contributed by atoms with Crippen LogP contribution in [0.15, 0.2) is 18.2 Å². The molecule has 0 aromatic heterocycles. The second-order valence-corrected chi connectivity index (χ2v) is 5.03. The topological polar surface area (TPSA) is 111 Å². The summed E-state index contributed by atoms with van der Waals surface area (Å²) in [7, 11) is 1.35. The zero-order chi connectivity index (χ0) is 17.2. The van der Waals surface area contributed by atoms with E-state index in [1.54, 1.807) is 19.1 Å². The third kappa shape index (κ3) is 6.77. The molecular formula is C15H21N3O5. The Kier molecular flexibility index (Phi) is 7.52. The lowest BCUT2D eigenvalue weighted by Gasteiger charge is -2.08. The second-order valence-electron chi connectivity index (χ2n) is 5.03. The van der Waals surface area contributed by atoms with Crippen LogP contribution in [0.4, 0.5) is 16.2 Å².